The number of carbonyl (C=O) groups excluding carboxylic acids is 1. The fraction of sp³-hybridized carbons (Fsp3) is 0.0909. The summed E-state index contributed by atoms with van der Waals surface area (Å²) in [4.78, 5) is 14.7. The molecule has 0 radical (unpaired) electrons. The van der Waals surface area contributed by atoms with Crippen LogP contribution in [0.3, 0.4) is 0 Å². The third-order valence-electron chi connectivity index (χ3n) is 2.24. The highest BCUT2D eigenvalue weighted by Crippen LogP contribution is 2.27. The van der Waals surface area contributed by atoms with Gasteiger partial charge in [0.05, 0.1) is 6.42 Å². The third-order valence-corrected chi connectivity index (χ3v) is 2.24. The van der Waals surface area contributed by atoms with E-state index in [1.54, 1.807) is 30.6 Å². The molecule has 1 aromatic heterocycles. The molecule has 1 amide bonds. The molecule has 0 unspecified atom stereocenters. The van der Waals surface area contributed by atoms with E-state index in [0.717, 1.165) is 5.39 Å². The normalized spacial score (nSPS) is 10.4. The van der Waals surface area contributed by atoms with Gasteiger partial charge in [-0.2, -0.15) is 0 Å². The number of hydrogen-bond acceptors (Lipinski definition) is 3. The second-order valence-electron chi connectivity index (χ2n) is 3.31. The number of nitrogens with two attached hydrogens (primary N) is 1. The van der Waals surface area contributed by atoms with Crippen molar-refractivity contribution in [1.82, 2.24) is 4.98 Å². The third kappa shape index (κ3) is 1.74. The number of aromatic nitrogens is 1. The number of aromatic hydroxyl groups is 1. The van der Waals surface area contributed by atoms with Gasteiger partial charge in [0.2, 0.25) is 5.91 Å². The average Bonchev–Trinajstić information content (AvgIpc) is 2.22. The van der Waals surface area contributed by atoms with E-state index >= 15 is 0 Å². The summed E-state index contributed by atoms with van der Waals surface area (Å²) in [6.07, 6.45) is 3.29. The first-order valence-corrected chi connectivity index (χ1v) is 4.51. The van der Waals surface area contributed by atoms with Crippen LogP contribution in [-0.4, -0.2) is 16.0 Å². The molecule has 4 nitrogen and oxygen atoms in total. The molecular formula is C11H10N2O2. The molecule has 76 valence electrons. The van der Waals surface area contributed by atoms with Crippen molar-refractivity contribution in [3.05, 3.63) is 36.2 Å². The largest absolute Gasteiger partial charge is 0.507 e. The lowest BCUT2D eigenvalue weighted by molar-refractivity contribution is -0.117. The van der Waals surface area contributed by atoms with Crippen molar-refractivity contribution in [3.8, 4) is 5.75 Å². The summed E-state index contributed by atoms with van der Waals surface area (Å²) in [6, 6.07) is 5.19. The molecular weight excluding hydrogens is 192 g/mol. The van der Waals surface area contributed by atoms with Crippen LogP contribution >= 0.6 is 0 Å². The highest BCUT2D eigenvalue weighted by Gasteiger charge is 2.08. The lowest BCUT2D eigenvalue weighted by Gasteiger charge is -2.05. The minimum Gasteiger partial charge on any atom is -0.507 e. The van der Waals surface area contributed by atoms with E-state index in [9.17, 15) is 9.90 Å². The lowest BCUT2D eigenvalue weighted by atomic mass is 10.0. The number of rotatable bonds is 2. The zero-order valence-corrected chi connectivity index (χ0v) is 7.97. The van der Waals surface area contributed by atoms with Crippen LogP contribution in [0.5, 0.6) is 5.75 Å². The van der Waals surface area contributed by atoms with Crippen LogP contribution in [0.25, 0.3) is 10.8 Å². The van der Waals surface area contributed by atoms with Crippen LogP contribution in [0.2, 0.25) is 0 Å². The quantitative estimate of drug-likeness (QED) is 0.761. The molecule has 0 aliphatic carbocycles. The molecule has 2 aromatic rings. The van der Waals surface area contributed by atoms with Crippen LogP contribution in [0.4, 0.5) is 0 Å². The van der Waals surface area contributed by atoms with Gasteiger partial charge in [-0.1, -0.05) is 12.1 Å². The van der Waals surface area contributed by atoms with Crippen molar-refractivity contribution in [2.75, 3.05) is 0 Å². The summed E-state index contributed by atoms with van der Waals surface area (Å²) in [5.41, 5.74) is 5.62. The fourth-order valence-corrected chi connectivity index (χ4v) is 1.53. The number of benzene rings is 1. The van der Waals surface area contributed by atoms with E-state index in [1.807, 2.05) is 0 Å². The first-order valence-electron chi connectivity index (χ1n) is 4.51. The number of pyridine rings is 1. The van der Waals surface area contributed by atoms with Crippen molar-refractivity contribution < 1.29 is 9.90 Å². The van der Waals surface area contributed by atoms with Crippen LogP contribution in [0, 0.1) is 0 Å². The van der Waals surface area contributed by atoms with E-state index in [2.05, 4.69) is 4.98 Å². The first-order chi connectivity index (χ1) is 7.18. The Morgan fingerprint density at radius 1 is 1.40 bits per heavy atom. The predicted octanol–water partition coefficient (Wildman–Crippen LogP) is 0.968. The Labute approximate surface area is 86.4 Å². The Bertz CT molecular complexity index is 523. The van der Waals surface area contributed by atoms with Crippen molar-refractivity contribution in [1.29, 1.82) is 0 Å². The predicted molar refractivity (Wildman–Crippen MR) is 56.3 cm³/mol. The molecule has 4 heteroatoms. The van der Waals surface area contributed by atoms with Crippen LogP contribution in [0.15, 0.2) is 30.6 Å². The number of carbonyl (C=O) groups is 1. The number of fused-ring (bicyclic) bond motifs is 1. The Morgan fingerprint density at radius 2 is 2.20 bits per heavy atom. The molecule has 1 aromatic carbocycles. The molecule has 1 heterocycles. The number of hydrogen-bond donors (Lipinski definition) is 2. The smallest absolute Gasteiger partial charge is 0.221 e. The minimum atomic E-state index is -0.460. The van der Waals surface area contributed by atoms with Crippen molar-refractivity contribution in [3.63, 3.8) is 0 Å². The highest BCUT2D eigenvalue weighted by atomic mass is 16.3. The Kier molecular flexibility index (Phi) is 2.25. The molecule has 0 saturated heterocycles. The molecule has 0 spiro atoms. The topological polar surface area (TPSA) is 76.2 Å². The standard InChI is InChI=1S/C11H10N2O2/c12-10(14)5-7-1-2-8-6-13-4-3-9(8)11(7)15/h1-4,6,15H,5H2,(H2,12,14). The van der Waals surface area contributed by atoms with Gasteiger partial charge in [-0.25, -0.2) is 0 Å². The SMILES string of the molecule is NC(=O)Cc1ccc2cnccc2c1O. The molecule has 2 rings (SSSR count). The Balaban J connectivity index is 2.59. The van der Waals surface area contributed by atoms with Crippen molar-refractivity contribution >= 4 is 16.7 Å². The maximum atomic E-state index is 10.8. The zero-order chi connectivity index (χ0) is 10.8. The molecule has 0 aliphatic heterocycles. The Hall–Kier alpha value is -2.10. The van der Waals surface area contributed by atoms with Crippen LogP contribution < -0.4 is 5.73 Å². The summed E-state index contributed by atoms with van der Waals surface area (Å²) < 4.78 is 0. The van der Waals surface area contributed by atoms with Crippen LogP contribution in [0.1, 0.15) is 5.56 Å². The summed E-state index contributed by atoms with van der Waals surface area (Å²) >= 11 is 0. The van der Waals surface area contributed by atoms with Crippen molar-refractivity contribution in [2.24, 2.45) is 5.73 Å². The average molecular weight is 202 g/mol. The fourth-order valence-electron chi connectivity index (χ4n) is 1.53. The van der Waals surface area contributed by atoms with Gasteiger partial charge in [-0.3, -0.25) is 9.78 Å². The molecule has 0 atom stereocenters. The second kappa shape index (κ2) is 3.57. The first kappa shape index (κ1) is 9.45. The van der Waals surface area contributed by atoms with E-state index in [1.165, 1.54) is 0 Å². The molecule has 0 bridgehead atoms. The van der Waals surface area contributed by atoms with Gasteiger partial charge in [-0.05, 0) is 6.07 Å². The maximum absolute atomic E-state index is 10.8. The van der Waals surface area contributed by atoms with E-state index < -0.39 is 5.91 Å². The van der Waals surface area contributed by atoms with E-state index in [0.29, 0.717) is 10.9 Å². The minimum absolute atomic E-state index is 0.0457. The maximum Gasteiger partial charge on any atom is 0.221 e. The molecule has 0 aliphatic rings. The summed E-state index contributed by atoms with van der Waals surface area (Å²) in [7, 11) is 0. The van der Waals surface area contributed by atoms with Gasteiger partial charge < -0.3 is 10.8 Å². The molecule has 0 saturated carbocycles. The zero-order valence-electron chi connectivity index (χ0n) is 7.97. The van der Waals surface area contributed by atoms with Crippen molar-refractivity contribution in [2.45, 2.75) is 6.42 Å². The Morgan fingerprint density at radius 3 is 2.93 bits per heavy atom. The van der Waals surface area contributed by atoms with Crippen LogP contribution in [-0.2, 0) is 11.2 Å². The van der Waals surface area contributed by atoms with Gasteiger partial charge in [0.15, 0.2) is 0 Å². The summed E-state index contributed by atoms with van der Waals surface area (Å²) in [5.74, 6) is -0.354. The van der Waals surface area contributed by atoms with Gasteiger partial charge >= 0.3 is 0 Å². The van der Waals surface area contributed by atoms with E-state index in [4.69, 9.17) is 5.73 Å². The monoisotopic (exact) mass is 202 g/mol. The number of phenolic OH excluding ortho intramolecular Hbond substituents is 1. The number of amides is 1. The van der Waals surface area contributed by atoms with Gasteiger partial charge in [0.1, 0.15) is 5.75 Å². The van der Waals surface area contributed by atoms with Gasteiger partial charge in [0.25, 0.3) is 0 Å². The highest BCUT2D eigenvalue weighted by molar-refractivity contribution is 5.90. The molecule has 0 fully saturated rings. The molecule has 3 N–H and O–H groups in total. The summed E-state index contributed by atoms with van der Waals surface area (Å²) in [5, 5.41) is 11.4. The number of phenols is 1. The number of nitrogens with zero attached hydrogens (tertiary/aromatic N) is 1. The van der Waals surface area contributed by atoms with E-state index in [-0.39, 0.29) is 12.2 Å². The van der Waals surface area contributed by atoms with Gasteiger partial charge in [-0.15, -0.1) is 0 Å². The lowest BCUT2D eigenvalue weighted by Crippen LogP contribution is -2.13. The summed E-state index contributed by atoms with van der Waals surface area (Å²) in [6.45, 7) is 0. The molecule has 15 heavy (non-hydrogen) atoms. The number of primary amides is 1. The second-order valence-corrected chi connectivity index (χ2v) is 3.31. The van der Waals surface area contributed by atoms with Gasteiger partial charge in [0, 0.05) is 28.7 Å².